The molecule has 0 bridgehead atoms. The van der Waals surface area contributed by atoms with Gasteiger partial charge in [-0.3, -0.25) is 0 Å². The zero-order chi connectivity index (χ0) is 83.4. The normalized spacial score (nSPS) is 11.6. The summed E-state index contributed by atoms with van der Waals surface area (Å²) >= 11 is 0. The Hall–Kier alpha value is -10.5. The van der Waals surface area contributed by atoms with Gasteiger partial charge in [0.1, 0.15) is 81.1 Å². The molecule has 0 fully saturated rings. The zero-order valence-electron chi connectivity index (χ0n) is 68.0. The second-order valence-corrected chi connectivity index (χ2v) is 36.6. The molecular weight excluding hydrogens is 1510 g/mol. The highest BCUT2D eigenvalue weighted by molar-refractivity contribution is 7.97. The minimum atomic E-state index is -0.790. The van der Waals surface area contributed by atoms with Crippen molar-refractivity contribution in [2.45, 2.75) is 196 Å². The summed E-state index contributed by atoms with van der Waals surface area (Å²) in [5.74, 6) is 3.15. The molecule has 9 rings (SSSR count). The Morgan fingerprint density at radius 3 is 0.886 bits per heavy atom. The molecule has 0 heterocycles. The first-order valence-electron chi connectivity index (χ1n) is 36.8. The van der Waals surface area contributed by atoms with Gasteiger partial charge >= 0.3 is 30.4 Å². The Kier molecular flexibility index (Phi) is 33.9. The van der Waals surface area contributed by atoms with Crippen molar-refractivity contribution < 1.29 is 100 Å². The first kappa shape index (κ1) is 90.7. The Balaban J connectivity index is 0.000000246. The fraction of sp³-hybridized carbons (Fsp3) is 0.333. The fourth-order valence-electron chi connectivity index (χ4n) is 10.3. The van der Waals surface area contributed by atoms with Gasteiger partial charge in [-0.1, -0.05) is 38.1 Å². The Bertz CT molecular complexity index is 4230. The molecule has 114 heavy (non-hydrogen) atoms. The molecule has 0 atom stereocenters. The summed E-state index contributed by atoms with van der Waals surface area (Å²) in [6.07, 6.45) is -1.12. The van der Waals surface area contributed by atoms with E-state index in [4.69, 9.17) is 66.6 Å². The molecule has 0 aliphatic heterocycles. The van der Waals surface area contributed by atoms with Crippen LogP contribution in [0.15, 0.2) is 262 Å². The maximum atomic E-state index is 12.1. The number of aliphatic hydroxyl groups excluding tert-OH is 1. The van der Waals surface area contributed by atoms with Crippen molar-refractivity contribution in [1.29, 1.82) is 0 Å². The van der Waals surface area contributed by atoms with Gasteiger partial charge in [-0.2, -0.15) is 0 Å². The number of carbonyl (C=O) groups is 6. The van der Waals surface area contributed by atoms with Crippen LogP contribution in [-0.2, 0) is 93.6 Å². The molecule has 0 amide bonds. The molecule has 0 aliphatic carbocycles. The smallest absolute Gasteiger partial charge is 0.497 e. The Labute approximate surface area is 678 Å². The van der Waals surface area contributed by atoms with Crippen LogP contribution in [0.1, 0.15) is 122 Å². The van der Waals surface area contributed by atoms with Crippen LogP contribution in [0.25, 0.3) is 0 Å². The number of methoxy groups -OCH3 is 2. The van der Waals surface area contributed by atoms with Crippen molar-refractivity contribution in [1.82, 2.24) is 0 Å². The van der Waals surface area contributed by atoms with Gasteiger partial charge in [0.05, 0.1) is 60.1 Å². The third-order valence-electron chi connectivity index (χ3n) is 14.9. The van der Waals surface area contributed by atoms with Crippen LogP contribution in [0.2, 0.25) is 0 Å². The molecule has 0 saturated heterocycles. The molecule has 24 heteroatoms. The summed E-state index contributed by atoms with van der Waals surface area (Å²) in [7, 11) is 1.96. The van der Waals surface area contributed by atoms with Gasteiger partial charge in [-0.05, 0) is 308 Å². The lowest BCUT2D eigenvalue weighted by Crippen LogP contribution is -2.28. The van der Waals surface area contributed by atoms with E-state index in [-0.39, 0.29) is 49.8 Å². The van der Waals surface area contributed by atoms with E-state index in [1.54, 1.807) is 92.2 Å². The fourth-order valence-corrected chi connectivity index (χ4v) is 16.4. The number of esters is 2. The van der Waals surface area contributed by atoms with Crippen molar-refractivity contribution in [3.63, 3.8) is 0 Å². The molecule has 0 aliphatic rings. The first-order chi connectivity index (χ1) is 53.9. The molecule has 1 N–H and O–H groups in total. The summed E-state index contributed by atoms with van der Waals surface area (Å²) in [5, 5.41) is 9.29. The Morgan fingerprint density at radius 1 is 0.360 bits per heavy atom. The number of hydrogen-bond donors (Lipinski definition) is 1. The number of aliphatic hydroxyl groups is 1. The monoisotopic (exact) mass is 1620 g/mol. The van der Waals surface area contributed by atoms with Crippen LogP contribution < -0.4 is 33.2 Å². The number of aldehydes is 1. The third kappa shape index (κ3) is 31.8. The second-order valence-electron chi connectivity index (χ2n) is 30.5. The summed E-state index contributed by atoms with van der Waals surface area (Å²) < 4.78 is 64.1. The topological polar surface area (TPSA) is 252 Å². The highest BCUT2D eigenvalue weighted by atomic mass is 32.2. The van der Waals surface area contributed by atoms with E-state index < -0.39 is 80.2 Å². The number of ether oxygens (including phenoxy) is 12. The van der Waals surface area contributed by atoms with Gasteiger partial charge in [-0.15, -0.1) is 0 Å². The minimum Gasteiger partial charge on any atom is -0.497 e. The number of rotatable bonds is 29. The van der Waals surface area contributed by atoms with Gasteiger partial charge in [-0.25, -0.2) is 33.7 Å². The SMILES string of the molecule is CC(C)(C)OC(=O)COc1ccc([S+](c2ccc(CC(C)(C)OOCC=O)cc2)c2ccc(OCC(=O)OC(C)(C)C)cc2)cc1.CC(C)COC(=O)Oc1ccc([S+](c2ccc(OC(=O)OC(C)(C)C)cc2)c2ccc(OC(=O)OC(C)(C)C)cc2)cc1.COc1ccc([S+](c2ccc(CO)cc2)c2ccc(OC)cc2)cc1. The predicted octanol–water partition coefficient (Wildman–Crippen LogP) is 19.6. The molecule has 9 aromatic rings. The number of hydrogen-bond acceptors (Lipinski definition) is 21. The van der Waals surface area contributed by atoms with Crippen molar-refractivity contribution in [2.75, 3.05) is 40.6 Å². The lowest BCUT2D eigenvalue weighted by Gasteiger charge is -2.23. The van der Waals surface area contributed by atoms with Crippen LogP contribution in [0.5, 0.6) is 40.2 Å². The van der Waals surface area contributed by atoms with Crippen LogP contribution >= 0.6 is 0 Å². The van der Waals surface area contributed by atoms with E-state index in [2.05, 4.69) is 60.7 Å². The maximum Gasteiger partial charge on any atom is 0.514 e. The molecule has 0 saturated carbocycles. The van der Waals surface area contributed by atoms with Gasteiger partial charge in [0.15, 0.2) is 57.3 Å². The quantitative estimate of drug-likeness (QED) is 0.00668. The molecule has 0 aromatic heterocycles. The molecule has 606 valence electrons. The number of carbonyl (C=O) groups excluding carboxylic acids is 6. The van der Waals surface area contributed by atoms with Gasteiger partial charge < -0.3 is 66.7 Å². The summed E-state index contributed by atoms with van der Waals surface area (Å²) in [6, 6.07) is 69.4. The zero-order valence-corrected chi connectivity index (χ0v) is 70.5. The molecule has 0 unspecified atom stereocenters. The van der Waals surface area contributed by atoms with E-state index in [0.717, 1.165) is 52.0 Å². The standard InChI is InChI=1S/C36H45O9S.C33H39O9S.C21H21O3S/c1-34(2,3)43-32(38)24-40-27-11-17-30(18-12-27)46(29-15-9-26(10-16-29)23-36(7,8)45-42-22-21-37)31-19-13-28(14-20-31)41-25-33(39)44-35(4,5)6;1-22(2)21-37-29(34)38-23-9-15-26(16-10-23)43(27-17-11-24(12-18-27)39-30(35)41-32(3,4)5)28-19-13-25(14-20-28)40-31(36)42-33(6,7)8;1-23-17-5-11-20(12-6-17)25(19-9-3-16(15-22)4-10-19)21-13-7-18(24-2)8-14-21/h9-21H,22-25H2,1-8H3;9-20,22H,21H2,1-8H3;3-14,22H,15H2,1-2H3/q3*+1. The lowest BCUT2D eigenvalue weighted by atomic mass is 9.99. The molecular formula is C90H105O21S3+3. The van der Waals surface area contributed by atoms with Crippen LogP contribution in [-0.4, -0.2) is 110 Å². The van der Waals surface area contributed by atoms with Gasteiger partial charge in [0.2, 0.25) is 0 Å². The van der Waals surface area contributed by atoms with E-state index >= 15 is 0 Å². The molecule has 21 nitrogen and oxygen atoms in total. The third-order valence-corrected chi connectivity index (χ3v) is 21.6. The van der Waals surface area contributed by atoms with Crippen LogP contribution in [0.4, 0.5) is 14.4 Å². The summed E-state index contributed by atoms with van der Waals surface area (Å²) in [5.41, 5.74) is -1.19. The molecule has 0 spiro atoms. The van der Waals surface area contributed by atoms with Crippen LogP contribution in [0.3, 0.4) is 0 Å². The molecule has 9 aromatic carbocycles. The maximum absolute atomic E-state index is 12.1. The van der Waals surface area contributed by atoms with Crippen LogP contribution in [0, 0.1) is 5.92 Å². The largest absolute Gasteiger partial charge is 0.514 e. The average molecular weight is 1620 g/mol. The van der Waals surface area contributed by atoms with Crippen molar-refractivity contribution in [2.24, 2.45) is 5.92 Å². The van der Waals surface area contributed by atoms with E-state index in [9.17, 15) is 33.9 Å². The summed E-state index contributed by atoms with van der Waals surface area (Å²) in [4.78, 5) is 91.0. The van der Waals surface area contributed by atoms with Gasteiger partial charge in [0.25, 0.3) is 0 Å². The van der Waals surface area contributed by atoms with Crippen molar-refractivity contribution in [3.8, 4) is 40.2 Å². The first-order valence-corrected chi connectivity index (χ1v) is 40.4. The second kappa shape index (κ2) is 42.6. The molecule has 0 radical (unpaired) electrons. The predicted molar refractivity (Wildman–Crippen MR) is 438 cm³/mol. The van der Waals surface area contributed by atoms with Crippen molar-refractivity contribution in [3.05, 3.63) is 230 Å². The summed E-state index contributed by atoms with van der Waals surface area (Å²) in [6.45, 7) is 28.9. The highest BCUT2D eigenvalue weighted by Gasteiger charge is 2.34. The van der Waals surface area contributed by atoms with Gasteiger partial charge in [0, 0.05) is 6.42 Å². The van der Waals surface area contributed by atoms with E-state index in [0.29, 0.717) is 41.5 Å². The van der Waals surface area contributed by atoms with E-state index in [1.165, 1.54) is 14.7 Å². The Morgan fingerprint density at radius 2 is 0.623 bits per heavy atom. The average Bonchev–Trinajstić information content (AvgIpc) is 0.809. The number of benzene rings is 9. The van der Waals surface area contributed by atoms with E-state index in [1.807, 2.05) is 191 Å². The lowest BCUT2D eigenvalue weighted by molar-refractivity contribution is -0.345. The highest BCUT2D eigenvalue weighted by Crippen LogP contribution is 2.38. The van der Waals surface area contributed by atoms with Crippen molar-refractivity contribution >= 4 is 69.4 Å². The minimum absolute atomic E-state index is 0.0547.